The lowest BCUT2D eigenvalue weighted by Gasteiger charge is -2.10. The fourth-order valence-corrected chi connectivity index (χ4v) is 3.01. The zero-order valence-corrected chi connectivity index (χ0v) is 14.6. The van der Waals surface area contributed by atoms with E-state index in [0.717, 1.165) is 18.9 Å². The van der Waals surface area contributed by atoms with Gasteiger partial charge < -0.3 is 10.1 Å². The summed E-state index contributed by atoms with van der Waals surface area (Å²) in [4.78, 5) is 20.3. The van der Waals surface area contributed by atoms with Crippen LogP contribution in [0.4, 0.5) is 13.2 Å². The van der Waals surface area contributed by atoms with Gasteiger partial charge in [0.15, 0.2) is 5.69 Å². The molecule has 7 nitrogen and oxygen atoms in total. The molecule has 1 N–H and O–H groups in total. The second kappa shape index (κ2) is 7.19. The van der Waals surface area contributed by atoms with Crippen molar-refractivity contribution in [2.45, 2.75) is 25.1 Å². The van der Waals surface area contributed by atoms with Gasteiger partial charge in [0.1, 0.15) is 0 Å². The summed E-state index contributed by atoms with van der Waals surface area (Å²) >= 11 is 0. The van der Waals surface area contributed by atoms with Crippen molar-refractivity contribution in [3.8, 4) is 11.3 Å². The van der Waals surface area contributed by atoms with E-state index >= 15 is 0 Å². The fraction of sp³-hybridized carbons (Fsp3) is 0.333. The molecular formula is C18H16F3N5O2. The number of hydrogen-bond acceptors (Lipinski definition) is 5. The molecule has 1 aliphatic heterocycles. The van der Waals surface area contributed by atoms with Crippen LogP contribution in [-0.4, -0.2) is 44.7 Å². The first kappa shape index (κ1) is 18.4. The van der Waals surface area contributed by atoms with Crippen molar-refractivity contribution in [2.75, 3.05) is 13.2 Å². The monoisotopic (exact) mass is 391 g/mol. The maximum absolute atomic E-state index is 13.5. The molecule has 1 aliphatic rings. The number of carbonyl (C=O) groups is 1. The summed E-state index contributed by atoms with van der Waals surface area (Å²) in [7, 11) is 0. The van der Waals surface area contributed by atoms with Crippen molar-refractivity contribution in [3.05, 3.63) is 47.9 Å². The Morgan fingerprint density at radius 2 is 2.04 bits per heavy atom. The maximum atomic E-state index is 13.5. The molecule has 1 fully saturated rings. The number of halogens is 3. The molecule has 3 aromatic rings. The normalized spacial score (nSPS) is 17.2. The third-order valence-corrected chi connectivity index (χ3v) is 4.39. The Hall–Kier alpha value is -3.01. The minimum atomic E-state index is -4.69. The average Bonchev–Trinajstić information content (AvgIpc) is 3.34. The van der Waals surface area contributed by atoms with E-state index < -0.39 is 17.8 Å². The highest BCUT2D eigenvalue weighted by Crippen LogP contribution is 2.31. The summed E-state index contributed by atoms with van der Waals surface area (Å²) in [5.74, 6) is -1.34. The SMILES string of the molecule is O=C(NC[C@H]1CCCO1)c1nc2nc(-c3ccccc3)cc(C(F)(F)F)n2n1. The molecule has 1 atom stereocenters. The molecule has 146 valence electrons. The molecule has 4 rings (SSSR count). The summed E-state index contributed by atoms with van der Waals surface area (Å²) < 4.78 is 46.6. The number of alkyl halides is 3. The number of rotatable bonds is 4. The van der Waals surface area contributed by atoms with Crippen LogP contribution < -0.4 is 5.32 Å². The van der Waals surface area contributed by atoms with E-state index in [1.807, 2.05) is 0 Å². The fourth-order valence-electron chi connectivity index (χ4n) is 3.01. The van der Waals surface area contributed by atoms with Crippen molar-refractivity contribution in [1.29, 1.82) is 0 Å². The van der Waals surface area contributed by atoms with E-state index in [2.05, 4.69) is 20.4 Å². The van der Waals surface area contributed by atoms with Gasteiger partial charge in [-0.15, -0.1) is 5.10 Å². The first-order chi connectivity index (χ1) is 13.4. The number of nitrogens with zero attached hydrogens (tertiary/aromatic N) is 4. The van der Waals surface area contributed by atoms with E-state index in [9.17, 15) is 18.0 Å². The van der Waals surface area contributed by atoms with E-state index in [-0.39, 0.29) is 29.9 Å². The number of carbonyl (C=O) groups excluding carboxylic acids is 1. The minimum Gasteiger partial charge on any atom is -0.376 e. The molecule has 0 unspecified atom stereocenters. The van der Waals surface area contributed by atoms with Gasteiger partial charge in [-0.1, -0.05) is 30.3 Å². The molecule has 0 saturated carbocycles. The molecule has 10 heteroatoms. The summed E-state index contributed by atoms with van der Waals surface area (Å²) in [5, 5.41) is 6.32. The number of ether oxygens (including phenoxy) is 1. The molecule has 1 aromatic carbocycles. The third kappa shape index (κ3) is 3.68. The Kier molecular flexibility index (Phi) is 4.71. The third-order valence-electron chi connectivity index (χ3n) is 4.39. The molecule has 2 aromatic heterocycles. The van der Waals surface area contributed by atoms with Gasteiger partial charge in [0.05, 0.1) is 11.8 Å². The summed E-state index contributed by atoms with van der Waals surface area (Å²) in [6, 6.07) is 9.32. The van der Waals surface area contributed by atoms with E-state index in [0.29, 0.717) is 16.7 Å². The van der Waals surface area contributed by atoms with Crippen LogP contribution in [0.15, 0.2) is 36.4 Å². The average molecular weight is 391 g/mol. The van der Waals surface area contributed by atoms with E-state index in [1.165, 1.54) is 0 Å². The molecular weight excluding hydrogens is 375 g/mol. The van der Waals surface area contributed by atoms with Crippen LogP contribution in [-0.2, 0) is 10.9 Å². The van der Waals surface area contributed by atoms with Crippen molar-refractivity contribution >= 4 is 11.7 Å². The van der Waals surface area contributed by atoms with Gasteiger partial charge >= 0.3 is 6.18 Å². The summed E-state index contributed by atoms with van der Waals surface area (Å²) in [6.45, 7) is 0.886. The van der Waals surface area contributed by atoms with Crippen LogP contribution in [0, 0.1) is 0 Å². The molecule has 0 aliphatic carbocycles. The molecule has 0 bridgehead atoms. The molecule has 0 radical (unpaired) electrons. The van der Waals surface area contributed by atoms with Gasteiger partial charge in [0.25, 0.3) is 11.7 Å². The Balaban J connectivity index is 1.69. The van der Waals surface area contributed by atoms with E-state index in [4.69, 9.17) is 4.74 Å². The van der Waals surface area contributed by atoms with Gasteiger partial charge in [-0.05, 0) is 18.9 Å². The zero-order valence-electron chi connectivity index (χ0n) is 14.6. The highest BCUT2D eigenvalue weighted by atomic mass is 19.4. The van der Waals surface area contributed by atoms with Crippen LogP contribution in [0.5, 0.6) is 0 Å². The lowest BCUT2D eigenvalue weighted by molar-refractivity contribution is -0.142. The van der Waals surface area contributed by atoms with Crippen LogP contribution in [0.1, 0.15) is 29.2 Å². The Morgan fingerprint density at radius 3 is 2.71 bits per heavy atom. The van der Waals surface area contributed by atoms with Crippen LogP contribution >= 0.6 is 0 Å². The summed E-state index contributed by atoms with van der Waals surface area (Å²) in [5.41, 5.74) is -0.455. The number of amides is 1. The Morgan fingerprint density at radius 1 is 1.25 bits per heavy atom. The predicted octanol–water partition coefficient (Wildman–Crippen LogP) is 2.72. The predicted molar refractivity (Wildman–Crippen MR) is 92.5 cm³/mol. The largest absolute Gasteiger partial charge is 0.433 e. The first-order valence-corrected chi connectivity index (χ1v) is 8.72. The molecule has 28 heavy (non-hydrogen) atoms. The van der Waals surface area contributed by atoms with Gasteiger partial charge in [-0.2, -0.15) is 22.7 Å². The maximum Gasteiger partial charge on any atom is 0.433 e. The second-order valence-corrected chi connectivity index (χ2v) is 6.38. The second-order valence-electron chi connectivity index (χ2n) is 6.38. The van der Waals surface area contributed by atoms with Crippen molar-refractivity contribution in [2.24, 2.45) is 0 Å². The standard InChI is InChI=1S/C18H16F3N5O2/c19-18(20,21)14-9-13(11-5-2-1-3-6-11)23-17-24-15(25-26(14)17)16(27)22-10-12-7-4-8-28-12/h1-3,5-6,9,12H,4,7-8,10H2,(H,22,27)/t12-/m1/s1. The molecule has 1 amide bonds. The number of benzene rings is 1. The van der Waals surface area contributed by atoms with Gasteiger partial charge in [0, 0.05) is 18.7 Å². The van der Waals surface area contributed by atoms with Gasteiger partial charge in [0.2, 0.25) is 5.82 Å². The number of aromatic nitrogens is 4. The number of hydrogen-bond donors (Lipinski definition) is 1. The number of nitrogens with one attached hydrogen (secondary N) is 1. The van der Waals surface area contributed by atoms with Gasteiger partial charge in [-0.3, -0.25) is 4.79 Å². The number of fused-ring (bicyclic) bond motifs is 1. The smallest absolute Gasteiger partial charge is 0.376 e. The van der Waals surface area contributed by atoms with Crippen LogP contribution in [0.3, 0.4) is 0 Å². The lowest BCUT2D eigenvalue weighted by atomic mass is 10.1. The first-order valence-electron chi connectivity index (χ1n) is 8.72. The molecule has 3 heterocycles. The molecule has 1 saturated heterocycles. The topological polar surface area (TPSA) is 81.4 Å². The molecule has 0 spiro atoms. The van der Waals surface area contributed by atoms with Crippen molar-refractivity contribution < 1.29 is 22.7 Å². The zero-order chi connectivity index (χ0) is 19.7. The van der Waals surface area contributed by atoms with Crippen molar-refractivity contribution in [3.63, 3.8) is 0 Å². The van der Waals surface area contributed by atoms with Gasteiger partial charge in [-0.25, -0.2) is 4.98 Å². The minimum absolute atomic E-state index is 0.0964. The Bertz CT molecular complexity index is 998. The Labute approximate surface area is 157 Å². The van der Waals surface area contributed by atoms with E-state index in [1.54, 1.807) is 30.3 Å². The van der Waals surface area contributed by atoms with Crippen LogP contribution in [0.2, 0.25) is 0 Å². The van der Waals surface area contributed by atoms with Crippen molar-refractivity contribution in [1.82, 2.24) is 24.9 Å². The lowest BCUT2D eigenvalue weighted by Crippen LogP contribution is -2.32. The quantitative estimate of drug-likeness (QED) is 0.740. The summed E-state index contributed by atoms with van der Waals surface area (Å²) in [6.07, 6.45) is -3.06. The highest BCUT2D eigenvalue weighted by molar-refractivity contribution is 5.90. The highest BCUT2D eigenvalue weighted by Gasteiger charge is 2.36. The van der Waals surface area contributed by atoms with Crippen LogP contribution in [0.25, 0.3) is 17.0 Å².